The summed E-state index contributed by atoms with van der Waals surface area (Å²) in [5, 5.41) is 10.5. The third kappa shape index (κ3) is 6.49. The SMILES string of the molecule is COC(=O)c1ccc2c(c1)nc(NCCOCCCCNCc1ccc(C)c(Cl)c1)c1ccncc12. The average molecular weight is 507 g/mol. The molecule has 2 heterocycles. The van der Waals surface area contributed by atoms with Gasteiger partial charge in [0, 0.05) is 53.3 Å². The lowest BCUT2D eigenvalue weighted by atomic mass is 10.1. The van der Waals surface area contributed by atoms with Crippen molar-refractivity contribution in [1.82, 2.24) is 15.3 Å². The molecule has 0 saturated carbocycles. The molecule has 36 heavy (non-hydrogen) atoms. The van der Waals surface area contributed by atoms with E-state index < -0.39 is 0 Å². The molecule has 7 nitrogen and oxygen atoms in total. The first-order valence-corrected chi connectivity index (χ1v) is 12.5. The van der Waals surface area contributed by atoms with Gasteiger partial charge in [0.1, 0.15) is 5.82 Å². The zero-order chi connectivity index (χ0) is 25.3. The normalized spacial score (nSPS) is 11.2. The molecule has 0 unspecified atom stereocenters. The summed E-state index contributed by atoms with van der Waals surface area (Å²) in [6.07, 6.45) is 5.60. The van der Waals surface area contributed by atoms with E-state index in [1.54, 1.807) is 18.3 Å². The van der Waals surface area contributed by atoms with E-state index >= 15 is 0 Å². The number of hydrogen-bond donors (Lipinski definition) is 2. The molecule has 4 aromatic rings. The molecule has 2 aromatic heterocycles. The monoisotopic (exact) mass is 506 g/mol. The summed E-state index contributed by atoms with van der Waals surface area (Å²) in [7, 11) is 1.37. The van der Waals surface area contributed by atoms with Crippen LogP contribution in [0.25, 0.3) is 21.7 Å². The number of unbranched alkanes of at least 4 members (excludes halogenated alkanes) is 1. The summed E-state index contributed by atoms with van der Waals surface area (Å²) in [6.45, 7) is 5.66. The van der Waals surface area contributed by atoms with Crippen molar-refractivity contribution < 1.29 is 14.3 Å². The molecule has 0 saturated heterocycles. The highest BCUT2D eigenvalue weighted by Crippen LogP contribution is 2.29. The van der Waals surface area contributed by atoms with Gasteiger partial charge in [0.15, 0.2) is 0 Å². The maximum Gasteiger partial charge on any atom is 0.337 e. The molecule has 188 valence electrons. The number of nitrogens with one attached hydrogen (secondary N) is 2. The van der Waals surface area contributed by atoms with E-state index in [0.29, 0.717) is 30.8 Å². The van der Waals surface area contributed by atoms with E-state index in [2.05, 4.69) is 21.7 Å². The van der Waals surface area contributed by atoms with Crippen molar-refractivity contribution in [2.24, 2.45) is 0 Å². The molecule has 2 N–H and O–H groups in total. The molecule has 0 radical (unpaired) electrons. The highest BCUT2D eigenvalue weighted by molar-refractivity contribution is 6.31. The fourth-order valence-electron chi connectivity index (χ4n) is 4.00. The molecule has 0 aliphatic heterocycles. The lowest BCUT2D eigenvalue weighted by Crippen LogP contribution is -2.16. The van der Waals surface area contributed by atoms with Crippen LogP contribution in [0.5, 0.6) is 0 Å². The van der Waals surface area contributed by atoms with Gasteiger partial charge in [-0.05, 0) is 61.7 Å². The first-order valence-electron chi connectivity index (χ1n) is 12.1. The topological polar surface area (TPSA) is 85.4 Å². The predicted molar refractivity (Wildman–Crippen MR) is 145 cm³/mol. The molecule has 0 bridgehead atoms. The number of rotatable bonds is 12. The Morgan fingerprint density at radius 2 is 1.89 bits per heavy atom. The first-order chi connectivity index (χ1) is 17.6. The van der Waals surface area contributed by atoms with Gasteiger partial charge in [0.05, 0.1) is 24.8 Å². The van der Waals surface area contributed by atoms with Crippen LogP contribution < -0.4 is 10.6 Å². The van der Waals surface area contributed by atoms with Gasteiger partial charge in [0.25, 0.3) is 0 Å². The van der Waals surface area contributed by atoms with Gasteiger partial charge in [-0.1, -0.05) is 29.8 Å². The van der Waals surface area contributed by atoms with Crippen LogP contribution in [0.1, 0.15) is 34.3 Å². The van der Waals surface area contributed by atoms with Crippen molar-refractivity contribution in [2.75, 3.05) is 38.7 Å². The summed E-state index contributed by atoms with van der Waals surface area (Å²) in [4.78, 5) is 21.0. The molecule has 8 heteroatoms. The molecule has 4 rings (SSSR count). The third-order valence-electron chi connectivity index (χ3n) is 6.01. The lowest BCUT2D eigenvalue weighted by Gasteiger charge is -2.12. The fourth-order valence-corrected chi connectivity index (χ4v) is 4.21. The number of carbonyl (C=O) groups excluding carboxylic acids is 1. The summed E-state index contributed by atoms with van der Waals surface area (Å²) in [6, 6.07) is 13.5. The maximum atomic E-state index is 11.9. The molecule has 0 spiro atoms. The fraction of sp³-hybridized carbons (Fsp3) is 0.321. The number of halogens is 1. The van der Waals surface area contributed by atoms with E-state index in [0.717, 1.165) is 58.5 Å². The van der Waals surface area contributed by atoms with Gasteiger partial charge in [-0.2, -0.15) is 0 Å². The summed E-state index contributed by atoms with van der Waals surface area (Å²) < 4.78 is 10.6. The van der Waals surface area contributed by atoms with Gasteiger partial charge in [0.2, 0.25) is 0 Å². The highest BCUT2D eigenvalue weighted by atomic mass is 35.5. The first kappa shape index (κ1) is 25.8. The van der Waals surface area contributed by atoms with Crippen LogP contribution >= 0.6 is 11.6 Å². The Morgan fingerprint density at radius 3 is 2.72 bits per heavy atom. The summed E-state index contributed by atoms with van der Waals surface area (Å²) >= 11 is 6.18. The minimum absolute atomic E-state index is 0.386. The van der Waals surface area contributed by atoms with Crippen LogP contribution in [0.4, 0.5) is 5.82 Å². The highest BCUT2D eigenvalue weighted by Gasteiger charge is 2.12. The smallest absolute Gasteiger partial charge is 0.337 e. The zero-order valence-electron chi connectivity index (χ0n) is 20.6. The standard InChI is InChI=1S/C28H31ClN4O3/c1-19-5-6-20(15-25(19)29)17-30-10-3-4-13-36-14-12-32-27-23-9-11-31-18-24(23)22-8-7-21(28(34)35-2)16-26(22)33-27/h5-9,11,15-16,18,30H,3-4,10,12-14,17H2,1-2H3,(H,32,33). The maximum absolute atomic E-state index is 11.9. The van der Waals surface area contributed by atoms with Gasteiger partial charge in [-0.15, -0.1) is 0 Å². The van der Waals surface area contributed by atoms with Crippen molar-refractivity contribution in [2.45, 2.75) is 26.3 Å². The Labute approximate surface area is 216 Å². The van der Waals surface area contributed by atoms with Crippen molar-refractivity contribution in [1.29, 1.82) is 0 Å². The second-order valence-corrected chi connectivity index (χ2v) is 9.02. The van der Waals surface area contributed by atoms with Crippen LogP contribution in [0.15, 0.2) is 54.9 Å². The number of aromatic nitrogens is 2. The average Bonchev–Trinajstić information content (AvgIpc) is 2.90. The molecular weight excluding hydrogens is 476 g/mol. The van der Waals surface area contributed by atoms with Gasteiger partial charge in [-0.25, -0.2) is 9.78 Å². The van der Waals surface area contributed by atoms with Crippen LogP contribution in [0, 0.1) is 6.92 Å². The minimum atomic E-state index is -0.386. The Morgan fingerprint density at radius 1 is 1.00 bits per heavy atom. The molecule has 0 fully saturated rings. The number of benzene rings is 2. The number of nitrogens with zero attached hydrogens (tertiary/aromatic N) is 2. The van der Waals surface area contributed by atoms with Crippen molar-refractivity contribution >= 4 is 45.1 Å². The van der Waals surface area contributed by atoms with Crippen LogP contribution in [-0.4, -0.2) is 49.4 Å². The van der Waals surface area contributed by atoms with Crippen molar-refractivity contribution in [3.63, 3.8) is 0 Å². The second-order valence-electron chi connectivity index (χ2n) is 8.61. The third-order valence-corrected chi connectivity index (χ3v) is 6.42. The molecule has 0 atom stereocenters. The molecular formula is C28H31ClN4O3. The van der Waals surface area contributed by atoms with E-state index in [1.165, 1.54) is 12.7 Å². The van der Waals surface area contributed by atoms with Crippen molar-refractivity contribution in [3.05, 3.63) is 76.6 Å². The second kappa shape index (κ2) is 12.6. The predicted octanol–water partition coefficient (Wildman–Crippen LogP) is 5.53. The number of aryl methyl sites for hydroxylation is 1. The van der Waals surface area contributed by atoms with E-state index in [4.69, 9.17) is 26.1 Å². The Hall–Kier alpha value is -3.26. The van der Waals surface area contributed by atoms with Gasteiger partial charge >= 0.3 is 5.97 Å². The van der Waals surface area contributed by atoms with Crippen molar-refractivity contribution in [3.8, 4) is 0 Å². The molecule has 0 amide bonds. The van der Waals surface area contributed by atoms with Crippen LogP contribution in [0.2, 0.25) is 5.02 Å². The number of ether oxygens (including phenoxy) is 2. The summed E-state index contributed by atoms with van der Waals surface area (Å²) in [5.41, 5.74) is 3.47. The van der Waals surface area contributed by atoms with E-state index in [-0.39, 0.29) is 5.97 Å². The zero-order valence-corrected chi connectivity index (χ0v) is 21.4. The quantitative estimate of drug-likeness (QED) is 0.148. The number of pyridine rings is 2. The van der Waals surface area contributed by atoms with Crippen LogP contribution in [-0.2, 0) is 16.0 Å². The molecule has 0 aliphatic rings. The molecule has 0 aliphatic carbocycles. The minimum Gasteiger partial charge on any atom is -0.465 e. The number of esters is 1. The number of methoxy groups -OCH3 is 1. The number of fused-ring (bicyclic) bond motifs is 3. The van der Waals surface area contributed by atoms with Gasteiger partial charge in [-0.3, -0.25) is 4.98 Å². The Bertz CT molecular complexity index is 1350. The number of anilines is 1. The Kier molecular flexibility index (Phi) is 9.06. The lowest BCUT2D eigenvalue weighted by molar-refractivity contribution is 0.0601. The van der Waals surface area contributed by atoms with Crippen LogP contribution in [0.3, 0.4) is 0 Å². The number of hydrogen-bond acceptors (Lipinski definition) is 7. The van der Waals surface area contributed by atoms with E-state index in [1.807, 2.05) is 37.4 Å². The Balaban J connectivity index is 1.22. The molecule has 2 aromatic carbocycles. The number of carbonyl (C=O) groups is 1. The van der Waals surface area contributed by atoms with Gasteiger partial charge < -0.3 is 20.1 Å². The largest absolute Gasteiger partial charge is 0.465 e. The van der Waals surface area contributed by atoms with E-state index in [9.17, 15) is 4.79 Å². The summed E-state index contributed by atoms with van der Waals surface area (Å²) in [5.74, 6) is 0.355.